The predicted octanol–water partition coefficient (Wildman–Crippen LogP) is 2.41. The number of nitrogens with zero attached hydrogens (tertiary/aromatic N) is 3. The summed E-state index contributed by atoms with van der Waals surface area (Å²) >= 11 is 0. The van der Waals surface area contributed by atoms with Crippen molar-refractivity contribution in [3.8, 4) is 0 Å². The van der Waals surface area contributed by atoms with Gasteiger partial charge in [-0.1, -0.05) is 0 Å². The summed E-state index contributed by atoms with van der Waals surface area (Å²) in [5, 5.41) is 6.64. The van der Waals surface area contributed by atoms with E-state index in [-0.39, 0.29) is 24.0 Å². The SMILES string of the molecule is CCNC(=NCc1ccnc(N(C)C)c1)NCCCOCC1CCCO1.I. The van der Waals surface area contributed by atoms with E-state index in [2.05, 4.69) is 33.6 Å². The molecule has 8 heteroatoms. The molecule has 0 amide bonds. The molecular weight excluding hydrogens is 457 g/mol. The van der Waals surface area contributed by atoms with Crippen LogP contribution < -0.4 is 15.5 Å². The molecule has 1 fully saturated rings. The maximum atomic E-state index is 5.69. The molecule has 1 atom stereocenters. The van der Waals surface area contributed by atoms with Crippen LogP contribution in [0.2, 0.25) is 0 Å². The monoisotopic (exact) mass is 491 g/mol. The Morgan fingerprint density at radius 2 is 2.26 bits per heavy atom. The van der Waals surface area contributed by atoms with Crippen LogP contribution in [0.5, 0.6) is 0 Å². The highest BCUT2D eigenvalue weighted by molar-refractivity contribution is 14.0. The lowest BCUT2D eigenvalue weighted by molar-refractivity contribution is 0.0168. The van der Waals surface area contributed by atoms with Gasteiger partial charge in [0.1, 0.15) is 5.82 Å². The molecule has 1 saturated heterocycles. The van der Waals surface area contributed by atoms with Crippen LogP contribution in [0.4, 0.5) is 5.82 Å². The van der Waals surface area contributed by atoms with Crippen LogP contribution in [0.3, 0.4) is 0 Å². The van der Waals surface area contributed by atoms with Gasteiger partial charge in [0.2, 0.25) is 0 Å². The van der Waals surface area contributed by atoms with Crippen molar-refractivity contribution in [3.63, 3.8) is 0 Å². The first-order chi connectivity index (χ1) is 12.7. The molecule has 27 heavy (non-hydrogen) atoms. The van der Waals surface area contributed by atoms with Crippen molar-refractivity contribution in [2.45, 2.75) is 38.8 Å². The first-order valence-electron chi connectivity index (χ1n) is 9.53. The average Bonchev–Trinajstić information content (AvgIpc) is 3.16. The van der Waals surface area contributed by atoms with E-state index in [0.29, 0.717) is 19.3 Å². The fraction of sp³-hybridized carbons (Fsp3) is 0.684. The number of rotatable bonds is 10. The molecule has 0 bridgehead atoms. The average molecular weight is 491 g/mol. The Kier molecular flexibility index (Phi) is 12.4. The van der Waals surface area contributed by atoms with Crippen molar-refractivity contribution < 1.29 is 9.47 Å². The minimum atomic E-state index is 0. The van der Waals surface area contributed by atoms with Crippen molar-refractivity contribution in [1.82, 2.24) is 15.6 Å². The molecule has 1 aromatic heterocycles. The minimum absolute atomic E-state index is 0. The molecule has 1 unspecified atom stereocenters. The smallest absolute Gasteiger partial charge is 0.191 e. The summed E-state index contributed by atoms with van der Waals surface area (Å²) in [6, 6.07) is 4.06. The number of pyridine rings is 1. The number of ether oxygens (including phenoxy) is 2. The van der Waals surface area contributed by atoms with E-state index in [4.69, 9.17) is 9.47 Å². The van der Waals surface area contributed by atoms with E-state index in [1.807, 2.05) is 31.3 Å². The van der Waals surface area contributed by atoms with Gasteiger partial charge in [0.25, 0.3) is 0 Å². The second-order valence-electron chi connectivity index (χ2n) is 6.60. The molecule has 7 nitrogen and oxygen atoms in total. The molecule has 2 rings (SSSR count). The molecule has 1 aliphatic heterocycles. The number of aromatic nitrogens is 1. The molecule has 2 N–H and O–H groups in total. The van der Waals surface area contributed by atoms with Crippen LogP contribution in [0, 0.1) is 0 Å². The Labute approximate surface area is 180 Å². The molecule has 1 aromatic rings. The van der Waals surface area contributed by atoms with Crippen LogP contribution in [0.15, 0.2) is 23.3 Å². The van der Waals surface area contributed by atoms with Crippen LogP contribution in [0.25, 0.3) is 0 Å². The minimum Gasteiger partial charge on any atom is -0.379 e. The summed E-state index contributed by atoms with van der Waals surface area (Å²) in [6.07, 6.45) is 5.35. The van der Waals surface area contributed by atoms with Gasteiger partial charge in [-0.15, -0.1) is 24.0 Å². The van der Waals surface area contributed by atoms with E-state index in [9.17, 15) is 0 Å². The van der Waals surface area contributed by atoms with Crippen LogP contribution >= 0.6 is 24.0 Å². The fourth-order valence-corrected chi connectivity index (χ4v) is 2.69. The van der Waals surface area contributed by atoms with Crippen LogP contribution in [-0.4, -0.2) is 64.1 Å². The normalized spacial score (nSPS) is 16.7. The Balaban J connectivity index is 0.00000364. The standard InChI is InChI=1S/C19H33N5O2.HI/c1-4-20-19(22-9-6-11-25-15-17-7-5-12-26-17)23-14-16-8-10-21-18(13-16)24(2)3;/h8,10,13,17H,4-7,9,11-12,14-15H2,1-3H3,(H2,20,22,23);1H. The third-order valence-corrected chi connectivity index (χ3v) is 4.12. The summed E-state index contributed by atoms with van der Waals surface area (Å²) in [6.45, 7) is 6.68. The molecule has 0 saturated carbocycles. The third kappa shape index (κ3) is 9.57. The zero-order valence-corrected chi connectivity index (χ0v) is 19.1. The molecule has 1 aliphatic rings. The van der Waals surface area contributed by atoms with E-state index in [1.165, 1.54) is 0 Å². The van der Waals surface area contributed by atoms with E-state index >= 15 is 0 Å². The Morgan fingerprint density at radius 1 is 1.41 bits per heavy atom. The Morgan fingerprint density at radius 3 is 2.96 bits per heavy atom. The Hall–Kier alpha value is -1.13. The van der Waals surface area contributed by atoms with E-state index in [0.717, 1.165) is 62.9 Å². The summed E-state index contributed by atoms with van der Waals surface area (Å²) in [5.41, 5.74) is 1.14. The third-order valence-electron chi connectivity index (χ3n) is 4.12. The molecule has 0 spiro atoms. The fourth-order valence-electron chi connectivity index (χ4n) is 2.69. The molecule has 2 heterocycles. The number of guanidine groups is 1. The lowest BCUT2D eigenvalue weighted by atomic mass is 10.2. The van der Waals surface area contributed by atoms with Gasteiger partial charge in [-0.25, -0.2) is 9.98 Å². The number of nitrogens with one attached hydrogen (secondary N) is 2. The first kappa shape index (κ1) is 23.9. The molecular formula is C19H34IN5O2. The number of aliphatic imine (C=N–C) groups is 1. The highest BCUT2D eigenvalue weighted by Crippen LogP contribution is 2.12. The topological polar surface area (TPSA) is 71.0 Å². The highest BCUT2D eigenvalue weighted by Gasteiger charge is 2.14. The van der Waals surface area contributed by atoms with Gasteiger partial charge >= 0.3 is 0 Å². The lowest BCUT2D eigenvalue weighted by Crippen LogP contribution is -2.38. The zero-order valence-electron chi connectivity index (χ0n) is 16.7. The summed E-state index contributed by atoms with van der Waals surface area (Å²) in [7, 11) is 3.98. The van der Waals surface area contributed by atoms with Gasteiger partial charge in [0, 0.05) is 46.6 Å². The quantitative estimate of drug-likeness (QED) is 0.227. The summed E-state index contributed by atoms with van der Waals surface area (Å²) in [4.78, 5) is 11.0. The number of hydrogen-bond acceptors (Lipinski definition) is 5. The van der Waals surface area contributed by atoms with Crippen LogP contribution in [0.1, 0.15) is 31.7 Å². The molecule has 0 aliphatic carbocycles. The van der Waals surface area contributed by atoms with Crippen molar-refractivity contribution in [1.29, 1.82) is 0 Å². The van der Waals surface area contributed by atoms with Gasteiger partial charge in [-0.2, -0.15) is 0 Å². The first-order valence-corrected chi connectivity index (χ1v) is 9.53. The van der Waals surface area contributed by atoms with Crippen molar-refractivity contribution in [2.75, 3.05) is 51.9 Å². The van der Waals surface area contributed by atoms with Crippen molar-refractivity contribution in [3.05, 3.63) is 23.9 Å². The molecule has 0 radical (unpaired) electrons. The summed E-state index contributed by atoms with van der Waals surface area (Å²) in [5.74, 6) is 1.77. The van der Waals surface area contributed by atoms with Gasteiger partial charge in [-0.05, 0) is 43.9 Å². The highest BCUT2D eigenvalue weighted by atomic mass is 127. The second-order valence-corrected chi connectivity index (χ2v) is 6.60. The maximum absolute atomic E-state index is 5.69. The van der Waals surface area contributed by atoms with Gasteiger partial charge in [0.05, 0.1) is 19.3 Å². The van der Waals surface area contributed by atoms with Crippen LogP contribution in [-0.2, 0) is 16.0 Å². The summed E-state index contributed by atoms with van der Waals surface area (Å²) < 4.78 is 11.2. The van der Waals surface area contributed by atoms with Gasteiger partial charge in [-0.3, -0.25) is 0 Å². The van der Waals surface area contributed by atoms with E-state index in [1.54, 1.807) is 0 Å². The second kappa shape index (κ2) is 14.0. The lowest BCUT2D eigenvalue weighted by Gasteiger charge is -2.13. The molecule has 0 aromatic carbocycles. The van der Waals surface area contributed by atoms with Crippen molar-refractivity contribution in [2.24, 2.45) is 4.99 Å². The van der Waals surface area contributed by atoms with Gasteiger partial charge in [0.15, 0.2) is 5.96 Å². The largest absolute Gasteiger partial charge is 0.379 e. The number of anilines is 1. The van der Waals surface area contributed by atoms with E-state index < -0.39 is 0 Å². The number of halogens is 1. The van der Waals surface area contributed by atoms with Crippen molar-refractivity contribution >= 4 is 35.8 Å². The zero-order chi connectivity index (χ0) is 18.6. The number of hydrogen-bond donors (Lipinski definition) is 2. The maximum Gasteiger partial charge on any atom is 0.191 e. The Bertz CT molecular complexity index is 551. The molecule has 154 valence electrons. The van der Waals surface area contributed by atoms with Gasteiger partial charge < -0.3 is 25.0 Å². The predicted molar refractivity (Wildman–Crippen MR) is 121 cm³/mol.